The number of halogens is 1. The smallest absolute Gasteiger partial charge is 0.125 e. The van der Waals surface area contributed by atoms with Gasteiger partial charge >= 0.3 is 0 Å². The molecule has 2 nitrogen and oxygen atoms in total. The lowest BCUT2D eigenvalue weighted by Crippen LogP contribution is -2.05. The minimum atomic E-state index is -0.702. The molecule has 1 atom stereocenters. The summed E-state index contributed by atoms with van der Waals surface area (Å²) >= 11 is 3.53. The van der Waals surface area contributed by atoms with Gasteiger partial charge in [-0.15, -0.1) is 0 Å². The molecule has 2 rings (SSSR count). The second-order valence-electron chi connectivity index (χ2n) is 4.90. The zero-order valence-corrected chi connectivity index (χ0v) is 13.6. The minimum Gasteiger partial charge on any atom is -0.493 e. The van der Waals surface area contributed by atoms with E-state index in [9.17, 15) is 5.11 Å². The summed E-state index contributed by atoms with van der Waals surface area (Å²) < 4.78 is 6.53. The van der Waals surface area contributed by atoms with Gasteiger partial charge < -0.3 is 9.84 Å². The van der Waals surface area contributed by atoms with E-state index in [1.807, 2.05) is 57.2 Å². The van der Waals surface area contributed by atoms with E-state index >= 15 is 0 Å². The van der Waals surface area contributed by atoms with Gasteiger partial charge in [-0.25, -0.2) is 0 Å². The molecule has 0 spiro atoms. The summed E-state index contributed by atoms with van der Waals surface area (Å²) in [7, 11) is 0. The zero-order chi connectivity index (χ0) is 14.7. The van der Waals surface area contributed by atoms with Gasteiger partial charge in [-0.3, -0.25) is 0 Å². The van der Waals surface area contributed by atoms with Gasteiger partial charge in [0.05, 0.1) is 6.61 Å². The fourth-order valence-corrected chi connectivity index (χ4v) is 2.90. The van der Waals surface area contributed by atoms with Crippen molar-refractivity contribution >= 4 is 15.9 Å². The Morgan fingerprint density at radius 1 is 1.05 bits per heavy atom. The number of hydrogen-bond donors (Lipinski definition) is 1. The molecule has 2 aromatic carbocycles. The lowest BCUT2D eigenvalue weighted by Gasteiger charge is -2.18. The van der Waals surface area contributed by atoms with Crippen LogP contribution in [-0.2, 0) is 0 Å². The Kier molecular flexibility index (Phi) is 4.84. The summed E-state index contributed by atoms with van der Waals surface area (Å²) in [6.07, 6.45) is -0.702. The number of hydrogen-bond acceptors (Lipinski definition) is 2. The molecule has 0 aliphatic heterocycles. The Morgan fingerprint density at radius 2 is 1.70 bits per heavy atom. The van der Waals surface area contributed by atoms with Crippen molar-refractivity contribution in [1.82, 2.24) is 0 Å². The van der Waals surface area contributed by atoms with Crippen LogP contribution in [0.25, 0.3) is 0 Å². The normalized spacial score (nSPS) is 12.2. The van der Waals surface area contributed by atoms with E-state index in [0.717, 1.165) is 32.5 Å². The van der Waals surface area contributed by atoms with E-state index in [-0.39, 0.29) is 0 Å². The van der Waals surface area contributed by atoms with Crippen molar-refractivity contribution in [3.8, 4) is 5.75 Å². The van der Waals surface area contributed by atoms with Crippen molar-refractivity contribution in [2.24, 2.45) is 0 Å². The second-order valence-corrected chi connectivity index (χ2v) is 5.76. The number of ether oxygens (including phenoxy) is 1. The SMILES string of the molecule is CCOc1ccc(C)cc1C(O)c1ccc(C)cc1Br. The number of rotatable bonds is 4. The van der Waals surface area contributed by atoms with Crippen molar-refractivity contribution in [3.05, 3.63) is 63.1 Å². The van der Waals surface area contributed by atoms with Crippen LogP contribution in [0.3, 0.4) is 0 Å². The van der Waals surface area contributed by atoms with E-state index in [2.05, 4.69) is 15.9 Å². The first-order valence-corrected chi connectivity index (χ1v) is 7.49. The Balaban J connectivity index is 2.46. The van der Waals surface area contributed by atoms with Gasteiger partial charge in [0.2, 0.25) is 0 Å². The van der Waals surface area contributed by atoms with Gasteiger partial charge in [0.25, 0.3) is 0 Å². The molecule has 0 aromatic heterocycles. The maximum absolute atomic E-state index is 10.7. The molecule has 0 heterocycles. The summed E-state index contributed by atoms with van der Waals surface area (Å²) in [6.45, 7) is 6.56. The van der Waals surface area contributed by atoms with Crippen LogP contribution in [0.5, 0.6) is 5.75 Å². The fourth-order valence-electron chi connectivity index (χ4n) is 2.19. The van der Waals surface area contributed by atoms with Crippen LogP contribution in [0.15, 0.2) is 40.9 Å². The van der Waals surface area contributed by atoms with E-state index in [0.29, 0.717) is 6.61 Å². The van der Waals surface area contributed by atoms with E-state index in [1.165, 1.54) is 0 Å². The van der Waals surface area contributed by atoms with Crippen LogP contribution < -0.4 is 4.74 Å². The number of aliphatic hydroxyl groups excluding tert-OH is 1. The predicted molar refractivity (Wildman–Crippen MR) is 85.3 cm³/mol. The van der Waals surface area contributed by atoms with Gasteiger partial charge in [0, 0.05) is 10.0 Å². The molecular weight excluding hydrogens is 316 g/mol. The van der Waals surface area contributed by atoms with E-state index in [4.69, 9.17) is 4.74 Å². The van der Waals surface area contributed by atoms with Crippen molar-refractivity contribution in [2.45, 2.75) is 26.9 Å². The fraction of sp³-hybridized carbons (Fsp3) is 0.294. The molecule has 106 valence electrons. The number of aryl methyl sites for hydroxylation is 2. The van der Waals surface area contributed by atoms with Gasteiger partial charge in [-0.1, -0.05) is 39.7 Å². The molecule has 0 saturated carbocycles. The van der Waals surface area contributed by atoms with Crippen molar-refractivity contribution in [1.29, 1.82) is 0 Å². The predicted octanol–water partition coefficient (Wildman–Crippen LogP) is 4.55. The number of benzene rings is 2. The molecule has 20 heavy (non-hydrogen) atoms. The van der Waals surface area contributed by atoms with E-state index < -0.39 is 6.10 Å². The molecule has 0 aliphatic carbocycles. The monoisotopic (exact) mass is 334 g/mol. The van der Waals surface area contributed by atoms with Crippen LogP contribution in [0, 0.1) is 13.8 Å². The standard InChI is InChI=1S/C17H19BrO2/c1-4-20-16-8-6-11(2)9-14(16)17(19)13-7-5-12(3)10-15(13)18/h5-10,17,19H,4H2,1-3H3. The molecule has 0 aliphatic rings. The van der Waals surface area contributed by atoms with Crippen LogP contribution in [0.4, 0.5) is 0 Å². The second kappa shape index (κ2) is 6.42. The lowest BCUT2D eigenvalue weighted by molar-refractivity contribution is 0.211. The highest BCUT2D eigenvalue weighted by Crippen LogP contribution is 2.34. The molecule has 1 N–H and O–H groups in total. The topological polar surface area (TPSA) is 29.5 Å². The summed E-state index contributed by atoms with van der Waals surface area (Å²) in [5.74, 6) is 0.734. The van der Waals surface area contributed by atoms with Crippen LogP contribution in [-0.4, -0.2) is 11.7 Å². The molecule has 0 fully saturated rings. The molecule has 1 unspecified atom stereocenters. The molecule has 0 bridgehead atoms. The maximum atomic E-state index is 10.7. The average Bonchev–Trinajstić information content (AvgIpc) is 2.40. The summed E-state index contributed by atoms with van der Waals surface area (Å²) in [5, 5.41) is 10.7. The van der Waals surface area contributed by atoms with E-state index in [1.54, 1.807) is 0 Å². The molecule has 0 radical (unpaired) electrons. The quantitative estimate of drug-likeness (QED) is 0.888. The van der Waals surface area contributed by atoms with Crippen LogP contribution in [0.2, 0.25) is 0 Å². The highest BCUT2D eigenvalue weighted by Gasteiger charge is 2.18. The number of aliphatic hydroxyl groups is 1. The molecule has 0 saturated heterocycles. The molecule has 0 amide bonds. The highest BCUT2D eigenvalue weighted by molar-refractivity contribution is 9.10. The Labute approximate surface area is 128 Å². The first-order chi connectivity index (χ1) is 9.52. The van der Waals surface area contributed by atoms with Gasteiger partial charge in [0.1, 0.15) is 11.9 Å². The van der Waals surface area contributed by atoms with Crippen LogP contribution >= 0.6 is 15.9 Å². The minimum absolute atomic E-state index is 0.581. The Morgan fingerprint density at radius 3 is 2.35 bits per heavy atom. The first kappa shape index (κ1) is 15.1. The maximum Gasteiger partial charge on any atom is 0.125 e. The first-order valence-electron chi connectivity index (χ1n) is 6.70. The Hall–Kier alpha value is -1.32. The van der Waals surface area contributed by atoms with Crippen LogP contribution in [0.1, 0.15) is 35.3 Å². The summed E-state index contributed by atoms with van der Waals surface area (Å²) in [6, 6.07) is 11.8. The third kappa shape index (κ3) is 3.22. The molecule has 2 aromatic rings. The van der Waals surface area contributed by atoms with Crippen molar-refractivity contribution in [2.75, 3.05) is 6.61 Å². The van der Waals surface area contributed by atoms with Gasteiger partial charge in [0.15, 0.2) is 0 Å². The molecular formula is C17H19BrO2. The molecule has 3 heteroatoms. The van der Waals surface area contributed by atoms with Gasteiger partial charge in [-0.05, 0) is 50.1 Å². The Bertz CT molecular complexity index is 608. The average molecular weight is 335 g/mol. The van der Waals surface area contributed by atoms with Gasteiger partial charge in [-0.2, -0.15) is 0 Å². The third-order valence-electron chi connectivity index (χ3n) is 3.21. The largest absolute Gasteiger partial charge is 0.493 e. The van der Waals surface area contributed by atoms with Crippen molar-refractivity contribution in [3.63, 3.8) is 0 Å². The zero-order valence-electron chi connectivity index (χ0n) is 12.0. The highest BCUT2D eigenvalue weighted by atomic mass is 79.9. The summed E-state index contributed by atoms with van der Waals surface area (Å²) in [4.78, 5) is 0. The van der Waals surface area contributed by atoms with Crippen molar-refractivity contribution < 1.29 is 9.84 Å². The third-order valence-corrected chi connectivity index (χ3v) is 3.90. The lowest BCUT2D eigenvalue weighted by atomic mass is 9.98. The summed E-state index contributed by atoms with van der Waals surface area (Å²) in [5.41, 5.74) is 3.91.